The monoisotopic (exact) mass is 265 g/mol. The van der Waals surface area contributed by atoms with Gasteiger partial charge in [-0.15, -0.1) is 0 Å². The Kier molecular flexibility index (Phi) is 3.53. The summed E-state index contributed by atoms with van der Waals surface area (Å²) in [6.45, 7) is 1.77. The number of hydrogen-bond donors (Lipinski definition) is 1. The van der Waals surface area contributed by atoms with Crippen LogP contribution in [-0.4, -0.2) is 15.9 Å². The number of aromatic nitrogens is 2. The topological polar surface area (TPSA) is 54.9 Å². The van der Waals surface area contributed by atoms with Crippen LogP contribution in [0.3, 0.4) is 0 Å². The highest BCUT2D eigenvalue weighted by atomic mass is 35.5. The van der Waals surface area contributed by atoms with Gasteiger partial charge in [0.25, 0.3) is 5.91 Å². The number of rotatable bonds is 2. The summed E-state index contributed by atoms with van der Waals surface area (Å²) in [6.07, 6.45) is 2.84. The first-order valence-electron chi connectivity index (χ1n) is 5.11. The first-order chi connectivity index (χ1) is 8.56. The average molecular weight is 266 g/mol. The third-order valence-corrected chi connectivity index (χ3v) is 2.50. The van der Waals surface area contributed by atoms with Crippen LogP contribution < -0.4 is 5.32 Å². The quantitative estimate of drug-likeness (QED) is 0.908. The van der Waals surface area contributed by atoms with Gasteiger partial charge in [0.05, 0.1) is 16.9 Å². The molecule has 0 spiro atoms. The van der Waals surface area contributed by atoms with E-state index in [0.29, 0.717) is 11.4 Å². The Morgan fingerprint density at radius 2 is 2.11 bits per heavy atom. The zero-order valence-electron chi connectivity index (χ0n) is 9.45. The molecule has 0 aliphatic heterocycles. The van der Waals surface area contributed by atoms with Crippen LogP contribution in [0.5, 0.6) is 0 Å². The molecule has 0 aliphatic rings. The highest BCUT2D eigenvalue weighted by molar-refractivity contribution is 6.30. The molecule has 1 aromatic carbocycles. The molecule has 0 fully saturated rings. The lowest BCUT2D eigenvalue weighted by atomic mass is 10.3. The number of nitrogens with zero attached hydrogens (tertiary/aromatic N) is 2. The minimum absolute atomic E-state index is 0.00289. The van der Waals surface area contributed by atoms with Crippen LogP contribution in [0.25, 0.3) is 0 Å². The summed E-state index contributed by atoms with van der Waals surface area (Å²) >= 11 is 5.54. The predicted octanol–water partition coefficient (Wildman–Crippen LogP) is 2.83. The van der Waals surface area contributed by atoms with Crippen molar-refractivity contribution in [3.05, 3.63) is 52.8 Å². The van der Waals surface area contributed by atoms with Gasteiger partial charge >= 0.3 is 0 Å². The molecule has 1 aromatic heterocycles. The fourth-order valence-electron chi connectivity index (χ4n) is 1.28. The number of anilines is 1. The maximum absolute atomic E-state index is 13.2. The van der Waals surface area contributed by atoms with Crippen molar-refractivity contribution in [3.63, 3.8) is 0 Å². The standard InChI is InChI=1S/C12H9ClFN3O/c1-7-5-16-11(6-15-7)12(18)17-8-2-3-9(13)10(14)4-8/h2-6H,1H3,(H,17,18). The number of benzene rings is 1. The second-order valence-corrected chi connectivity index (χ2v) is 4.03. The largest absolute Gasteiger partial charge is 0.320 e. The Balaban J connectivity index is 2.16. The minimum atomic E-state index is -0.593. The van der Waals surface area contributed by atoms with Crippen molar-refractivity contribution in [1.29, 1.82) is 0 Å². The van der Waals surface area contributed by atoms with E-state index in [1.807, 2.05) is 0 Å². The number of aryl methyl sites for hydroxylation is 1. The van der Waals surface area contributed by atoms with E-state index in [2.05, 4.69) is 15.3 Å². The molecule has 6 heteroatoms. The first-order valence-corrected chi connectivity index (χ1v) is 5.49. The van der Waals surface area contributed by atoms with E-state index in [-0.39, 0.29) is 10.7 Å². The Morgan fingerprint density at radius 1 is 1.33 bits per heavy atom. The van der Waals surface area contributed by atoms with Gasteiger partial charge in [0.1, 0.15) is 11.5 Å². The van der Waals surface area contributed by atoms with Gasteiger partial charge in [0.2, 0.25) is 0 Å². The van der Waals surface area contributed by atoms with Crippen molar-refractivity contribution < 1.29 is 9.18 Å². The first kappa shape index (κ1) is 12.4. The Labute approximate surface area is 108 Å². The number of nitrogens with one attached hydrogen (secondary N) is 1. The van der Waals surface area contributed by atoms with Gasteiger partial charge in [0.15, 0.2) is 0 Å². The zero-order chi connectivity index (χ0) is 13.1. The number of hydrogen-bond acceptors (Lipinski definition) is 3. The van der Waals surface area contributed by atoms with Crippen LogP contribution in [-0.2, 0) is 0 Å². The van der Waals surface area contributed by atoms with Crippen LogP contribution in [0.1, 0.15) is 16.2 Å². The van der Waals surface area contributed by atoms with Gasteiger partial charge < -0.3 is 5.32 Å². The Bertz CT molecular complexity index is 586. The lowest BCUT2D eigenvalue weighted by Gasteiger charge is -2.05. The summed E-state index contributed by atoms with van der Waals surface area (Å²) in [5.74, 6) is -1.05. The van der Waals surface area contributed by atoms with Gasteiger partial charge in [0, 0.05) is 11.9 Å². The summed E-state index contributed by atoms with van der Waals surface area (Å²) < 4.78 is 13.2. The smallest absolute Gasteiger partial charge is 0.275 e. The fraction of sp³-hybridized carbons (Fsp3) is 0.0833. The fourth-order valence-corrected chi connectivity index (χ4v) is 1.40. The van der Waals surface area contributed by atoms with Crippen LogP contribution >= 0.6 is 11.6 Å². The van der Waals surface area contributed by atoms with Crippen molar-refractivity contribution in [3.8, 4) is 0 Å². The summed E-state index contributed by atoms with van der Waals surface area (Å²) in [6, 6.07) is 4.01. The van der Waals surface area contributed by atoms with Gasteiger partial charge in [-0.25, -0.2) is 9.37 Å². The molecule has 0 atom stereocenters. The molecule has 0 saturated heterocycles. The van der Waals surface area contributed by atoms with Crippen molar-refractivity contribution in [2.45, 2.75) is 6.92 Å². The molecule has 92 valence electrons. The molecule has 1 heterocycles. The number of amides is 1. The summed E-state index contributed by atoms with van der Waals surface area (Å²) in [4.78, 5) is 19.6. The van der Waals surface area contributed by atoms with E-state index < -0.39 is 11.7 Å². The number of halogens is 2. The third kappa shape index (κ3) is 2.81. The van der Waals surface area contributed by atoms with Crippen molar-refractivity contribution in [2.75, 3.05) is 5.32 Å². The van der Waals surface area contributed by atoms with Crippen molar-refractivity contribution in [2.24, 2.45) is 0 Å². The highest BCUT2D eigenvalue weighted by Crippen LogP contribution is 2.18. The SMILES string of the molecule is Cc1cnc(C(=O)Nc2ccc(Cl)c(F)c2)cn1. The molecule has 18 heavy (non-hydrogen) atoms. The summed E-state index contributed by atoms with van der Waals surface area (Å²) in [7, 11) is 0. The van der Waals surface area contributed by atoms with E-state index in [4.69, 9.17) is 11.6 Å². The number of carbonyl (C=O) groups is 1. The van der Waals surface area contributed by atoms with Gasteiger partial charge in [-0.3, -0.25) is 9.78 Å². The molecule has 0 radical (unpaired) electrons. The minimum Gasteiger partial charge on any atom is -0.320 e. The molecule has 0 aliphatic carbocycles. The maximum atomic E-state index is 13.2. The molecular weight excluding hydrogens is 257 g/mol. The molecule has 1 N–H and O–H groups in total. The lowest BCUT2D eigenvalue weighted by Crippen LogP contribution is -2.14. The molecule has 4 nitrogen and oxygen atoms in total. The second-order valence-electron chi connectivity index (χ2n) is 3.63. The molecule has 1 amide bonds. The highest BCUT2D eigenvalue weighted by Gasteiger charge is 2.09. The zero-order valence-corrected chi connectivity index (χ0v) is 10.2. The van der Waals surface area contributed by atoms with E-state index in [9.17, 15) is 9.18 Å². The van der Waals surface area contributed by atoms with Gasteiger partial charge in [-0.05, 0) is 25.1 Å². The van der Waals surface area contributed by atoms with Gasteiger partial charge in [-0.2, -0.15) is 0 Å². The maximum Gasteiger partial charge on any atom is 0.275 e. The third-order valence-electron chi connectivity index (χ3n) is 2.19. The predicted molar refractivity (Wildman–Crippen MR) is 66.1 cm³/mol. The normalized spacial score (nSPS) is 10.2. The molecule has 2 aromatic rings. The summed E-state index contributed by atoms with van der Waals surface area (Å²) in [5.41, 5.74) is 1.18. The lowest BCUT2D eigenvalue weighted by molar-refractivity contribution is 0.102. The average Bonchev–Trinajstić information content (AvgIpc) is 2.34. The molecule has 0 unspecified atom stereocenters. The van der Waals surface area contributed by atoms with E-state index >= 15 is 0 Å². The van der Waals surface area contributed by atoms with E-state index in [1.54, 1.807) is 6.92 Å². The molecule has 2 rings (SSSR count). The Hall–Kier alpha value is -2.01. The van der Waals surface area contributed by atoms with Crippen LogP contribution in [0.2, 0.25) is 5.02 Å². The van der Waals surface area contributed by atoms with Crippen molar-refractivity contribution >= 4 is 23.2 Å². The molecule has 0 bridgehead atoms. The number of carbonyl (C=O) groups excluding carboxylic acids is 1. The van der Waals surface area contributed by atoms with Crippen LogP contribution in [0.15, 0.2) is 30.6 Å². The Morgan fingerprint density at radius 3 is 2.72 bits per heavy atom. The van der Waals surface area contributed by atoms with E-state index in [1.165, 1.54) is 24.5 Å². The van der Waals surface area contributed by atoms with Gasteiger partial charge in [-0.1, -0.05) is 11.6 Å². The summed E-state index contributed by atoms with van der Waals surface area (Å²) in [5, 5.41) is 2.51. The molecule has 0 saturated carbocycles. The van der Waals surface area contributed by atoms with E-state index in [0.717, 1.165) is 6.07 Å². The van der Waals surface area contributed by atoms with Crippen LogP contribution in [0.4, 0.5) is 10.1 Å². The van der Waals surface area contributed by atoms with Crippen molar-refractivity contribution in [1.82, 2.24) is 9.97 Å². The second kappa shape index (κ2) is 5.10. The molecular formula is C12H9ClFN3O. The van der Waals surface area contributed by atoms with Crippen LogP contribution in [0, 0.1) is 12.7 Å².